The molecule has 2 N–H and O–H groups in total. The van der Waals surface area contributed by atoms with E-state index in [0.717, 1.165) is 11.4 Å². The Morgan fingerprint density at radius 1 is 0.821 bits per heavy atom. The molecule has 0 saturated heterocycles. The zero-order valence-corrected chi connectivity index (χ0v) is 16.3. The van der Waals surface area contributed by atoms with Gasteiger partial charge in [-0.3, -0.25) is 9.59 Å². The number of para-hydroxylation sites is 2. The first-order chi connectivity index (χ1) is 13.5. The average molecular weight is 393 g/mol. The number of hydrogen-bond donors (Lipinski definition) is 2. The number of benzene rings is 3. The molecule has 3 aromatic carbocycles. The number of amides is 1. The van der Waals surface area contributed by atoms with Crippen molar-refractivity contribution in [3.05, 3.63) is 88.9 Å². The van der Waals surface area contributed by atoms with Crippen molar-refractivity contribution in [2.45, 2.75) is 19.8 Å². The second kappa shape index (κ2) is 9.20. The maximum atomic E-state index is 12.3. The van der Waals surface area contributed by atoms with Crippen LogP contribution in [0.2, 0.25) is 5.02 Å². The molecule has 28 heavy (non-hydrogen) atoms. The van der Waals surface area contributed by atoms with Crippen LogP contribution < -0.4 is 10.6 Å². The summed E-state index contributed by atoms with van der Waals surface area (Å²) in [6.07, 6.45) is 0.251. The molecule has 4 nitrogen and oxygen atoms in total. The standard InChI is InChI=1S/C23H21ClN2O2/c1-16-6-12-19(13-7-16)25-20-4-2-3-5-21(20)26-23(28)15-14-22(27)17-8-10-18(24)11-9-17/h2-13,25H,14-15H2,1H3,(H,26,28). The van der Waals surface area contributed by atoms with E-state index in [4.69, 9.17) is 11.6 Å². The maximum absolute atomic E-state index is 12.3. The van der Waals surface area contributed by atoms with Gasteiger partial charge in [0.15, 0.2) is 5.78 Å². The molecule has 0 radical (unpaired) electrons. The molecule has 0 saturated carbocycles. The molecule has 3 aromatic rings. The lowest BCUT2D eigenvalue weighted by Gasteiger charge is -2.13. The molecular formula is C23H21ClN2O2. The summed E-state index contributed by atoms with van der Waals surface area (Å²) in [6, 6.07) is 22.2. The van der Waals surface area contributed by atoms with E-state index in [0.29, 0.717) is 16.3 Å². The summed E-state index contributed by atoms with van der Waals surface area (Å²) in [5.74, 6) is -0.293. The predicted molar refractivity (Wildman–Crippen MR) is 115 cm³/mol. The van der Waals surface area contributed by atoms with Crippen molar-refractivity contribution in [2.75, 3.05) is 10.6 Å². The Hall–Kier alpha value is -3.11. The second-order valence-corrected chi connectivity index (χ2v) is 6.95. The maximum Gasteiger partial charge on any atom is 0.224 e. The first-order valence-corrected chi connectivity index (χ1v) is 9.40. The van der Waals surface area contributed by atoms with Gasteiger partial charge < -0.3 is 10.6 Å². The first kappa shape index (κ1) is 19.6. The molecule has 0 fully saturated rings. The van der Waals surface area contributed by atoms with Crippen molar-refractivity contribution < 1.29 is 9.59 Å². The van der Waals surface area contributed by atoms with E-state index in [1.54, 1.807) is 24.3 Å². The van der Waals surface area contributed by atoms with E-state index in [-0.39, 0.29) is 24.5 Å². The van der Waals surface area contributed by atoms with Gasteiger partial charge in [0, 0.05) is 29.1 Å². The van der Waals surface area contributed by atoms with Crippen LogP contribution in [-0.2, 0) is 4.79 Å². The first-order valence-electron chi connectivity index (χ1n) is 9.02. The van der Waals surface area contributed by atoms with E-state index in [1.165, 1.54) is 5.56 Å². The number of hydrogen-bond acceptors (Lipinski definition) is 3. The Labute approximate surface area is 169 Å². The predicted octanol–water partition coefficient (Wildman–Crippen LogP) is 5.99. The molecule has 3 rings (SSSR count). The molecule has 0 atom stereocenters. The molecule has 0 aliphatic rings. The Kier molecular flexibility index (Phi) is 6.45. The van der Waals surface area contributed by atoms with Crippen molar-refractivity contribution in [3.8, 4) is 0 Å². The third-order valence-electron chi connectivity index (χ3n) is 4.28. The van der Waals surface area contributed by atoms with Crippen molar-refractivity contribution in [2.24, 2.45) is 0 Å². The lowest BCUT2D eigenvalue weighted by molar-refractivity contribution is -0.116. The van der Waals surface area contributed by atoms with Gasteiger partial charge in [0.25, 0.3) is 0 Å². The monoisotopic (exact) mass is 392 g/mol. The largest absolute Gasteiger partial charge is 0.354 e. The number of halogens is 1. The van der Waals surface area contributed by atoms with Gasteiger partial charge in [-0.2, -0.15) is 0 Å². The quantitative estimate of drug-likeness (QED) is 0.485. The fourth-order valence-corrected chi connectivity index (χ4v) is 2.84. The highest BCUT2D eigenvalue weighted by molar-refractivity contribution is 6.30. The van der Waals surface area contributed by atoms with Crippen LogP contribution in [0.1, 0.15) is 28.8 Å². The number of rotatable bonds is 7. The van der Waals surface area contributed by atoms with Crippen molar-refractivity contribution in [3.63, 3.8) is 0 Å². The molecule has 0 unspecified atom stereocenters. The Bertz CT molecular complexity index is 967. The molecular weight excluding hydrogens is 372 g/mol. The summed E-state index contributed by atoms with van der Waals surface area (Å²) in [5, 5.41) is 6.77. The Balaban J connectivity index is 1.60. The molecule has 0 spiro atoms. The zero-order valence-electron chi connectivity index (χ0n) is 15.5. The minimum Gasteiger partial charge on any atom is -0.354 e. The van der Waals surface area contributed by atoms with Crippen LogP contribution >= 0.6 is 11.6 Å². The summed E-state index contributed by atoms with van der Waals surface area (Å²) >= 11 is 5.83. The second-order valence-electron chi connectivity index (χ2n) is 6.51. The minimum absolute atomic E-state index is 0.0853. The van der Waals surface area contributed by atoms with Crippen LogP contribution in [0.5, 0.6) is 0 Å². The SMILES string of the molecule is Cc1ccc(Nc2ccccc2NC(=O)CCC(=O)c2ccc(Cl)cc2)cc1. The van der Waals surface area contributed by atoms with Crippen molar-refractivity contribution in [1.82, 2.24) is 0 Å². The molecule has 142 valence electrons. The molecule has 5 heteroatoms. The Morgan fingerprint density at radius 3 is 2.14 bits per heavy atom. The van der Waals surface area contributed by atoms with E-state index >= 15 is 0 Å². The number of carbonyl (C=O) groups is 2. The lowest BCUT2D eigenvalue weighted by Crippen LogP contribution is -2.14. The summed E-state index contributed by atoms with van der Waals surface area (Å²) in [6.45, 7) is 2.03. The van der Waals surface area contributed by atoms with Gasteiger partial charge in [0.05, 0.1) is 11.4 Å². The number of Topliss-reactive ketones (excluding diaryl/α,β-unsaturated/α-hetero) is 1. The average Bonchev–Trinajstić information content (AvgIpc) is 2.70. The number of anilines is 3. The third-order valence-corrected chi connectivity index (χ3v) is 4.53. The van der Waals surface area contributed by atoms with Crippen LogP contribution in [0.15, 0.2) is 72.8 Å². The fraction of sp³-hybridized carbons (Fsp3) is 0.130. The van der Waals surface area contributed by atoms with E-state index in [9.17, 15) is 9.59 Å². The number of nitrogens with one attached hydrogen (secondary N) is 2. The van der Waals surface area contributed by atoms with Gasteiger partial charge in [-0.1, -0.05) is 41.4 Å². The number of aryl methyl sites for hydroxylation is 1. The molecule has 0 aromatic heterocycles. The summed E-state index contributed by atoms with van der Waals surface area (Å²) in [7, 11) is 0. The number of ketones is 1. The highest BCUT2D eigenvalue weighted by Crippen LogP contribution is 2.25. The summed E-state index contributed by atoms with van der Waals surface area (Å²) in [4.78, 5) is 24.6. The lowest BCUT2D eigenvalue weighted by atomic mass is 10.1. The van der Waals surface area contributed by atoms with Gasteiger partial charge in [0.2, 0.25) is 5.91 Å². The summed E-state index contributed by atoms with van der Waals surface area (Å²) < 4.78 is 0. The van der Waals surface area contributed by atoms with Gasteiger partial charge in [-0.25, -0.2) is 0 Å². The molecule has 0 aliphatic carbocycles. The van der Waals surface area contributed by atoms with Gasteiger partial charge in [0.1, 0.15) is 0 Å². The topological polar surface area (TPSA) is 58.2 Å². The van der Waals surface area contributed by atoms with E-state index in [1.807, 2.05) is 55.5 Å². The highest BCUT2D eigenvalue weighted by Gasteiger charge is 2.11. The van der Waals surface area contributed by atoms with Gasteiger partial charge in [-0.05, 0) is 55.5 Å². The van der Waals surface area contributed by atoms with Crippen LogP contribution in [0.25, 0.3) is 0 Å². The van der Waals surface area contributed by atoms with Crippen LogP contribution in [0.4, 0.5) is 17.1 Å². The van der Waals surface area contributed by atoms with Crippen LogP contribution in [0.3, 0.4) is 0 Å². The number of carbonyl (C=O) groups excluding carboxylic acids is 2. The molecule has 1 amide bonds. The smallest absolute Gasteiger partial charge is 0.224 e. The van der Waals surface area contributed by atoms with E-state index in [2.05, 4.69) is 10.6 Å². The fourth-order valence-electron chi connectivity index (χ4n) is 2.71. The van der Waals surface area contributed by atoms with Crippen LogP contribution in [-0.4, -0.2) is 11.7 Å². The molecule has 0 bridgehead atoms. The van der Waals surface area contributed by atoms with Gasteiger partial charge in [-0.15, -0.1) is 0 Å². The minimum atomic E-state index is -0.208. The normalized spacial score (nSPS) is 10.4. The van der Waals surface area contributed by atoms with Gasteiger partial charge >= 0.3 is 0 Å². The van der Waals surface area contributed by atoms with E-state index < -0.39 is 0 Å². The van der Waals surface area contributed by atoms with Crippen molar-refractivity contribution in [1.29, 1.82) is 0 Å². The third kappa shape index (κ3) is 5.44. The van der Waals surface area contributed by atoms with Crippen LogP contribution in [0, 0.1) is 6.92 Å². The zero-order chi connectivity index (χ0) is 19.9. The molecule has 0 aliphatic heterocycles. The summed E-state index contributed by atoms with van der Waals surface area (Å²) in [5.41, 5.74) is 4.14. The Morgan fingerprint density at radius 2 is 1.46 bits per heavy atom. The van der Waals surface area contributed by atoms with Crippen molar-refractivity contribution >= 4 is 40.4 Å². The molecule has 0 heterocycles. The highest BCUT2D eigenvalue weighted by atomic mass is 35.5.